The van der Waals surface area contributed by atoms with Crippen LogP contribution in [0.5, 0.6) is 0 Å². The van der Waals surface area contributed by atoms with E-state index in [9.17, 15) is 19.7 Å². The van der Waals surface area contributed by atoms with Gasteiger partial charge in [-0.2, -0.15) is 11.3 Å². The highest BCUT2D eigenvalue weighted by atomic mass is 32.1. The van der Waals surface area contributed by atoms with Gasteiger partial charge in [-0.15, -0.1) is 0 Å². The first kappa shape index (κ1) is 11.3. The van der Waals surface area contributed by atoms with E-state index in [4.69, 9.17) is 0 Å². The lowest BCUT2D eigenvalue weighted by Crippen LogP contribution is -2.30. The van der Waals surface area contributed by atoms with Crippen molar-refractivity contribution in [3.8, 4) is 0 Å². The smallest absolute Gasteiger partial charge is 0.289 e. The molecule has 0 aromatic carbocycles. The Morgan fingerprint density at radius 2 is 2.24 bits per heavy atom. The Labute approximate surface area is 98.1 Å². The van der Waals surface area contributed by atoms with Crippen LogP contribution in [-0.2, 0) is 6.54 Å². The van der Waals surface area contributed by atoms with Crippen LogP contribution in [0.25, 0.3) is 0 Å². The molecule has 0 saturated carbocycles. The van der Waals surface area contributed by atoms with E-state index in [2.05, 4.69) is 0 Å². The van der Waals surface area contributed by atoms with Gasteiger partial charge >= 0.3 is 16.9 Å². The minimum Gasteiger partial charge on any atom is -0.289 e. The fourth-order valence-corrected chi connectivity index (χ4v) is 1.98. The highest BCUT2D eigenvalue weighted by molar-refractivity contribution is 7.07. The van der Waals surface area contributed by atoms with Gasteiger partial charge < -0.3 is 0 Å². The fraction of sp³-hybridized carbons (Fsp3) is 0.111. The summed E-state index contributed by atoms with van der Waals surface area (Å²) in [6.45, 7) is 0.194. The molecule has 0 aliphatic rings. The molecule has 17 heavy (non-hydrogen) atoms. The van der Waals surface area contributed by atoms with Crippen LogP contribution in [0.1, 0.15) is 5.56 Å². The minimum absolute atomic E-state index is 0.194. The number of rotatable bonds is 3. The van der Waals surface area contributed by atoms with Crippen LogP contribution in [-0.4, -0.2) is 14.5 Å². The van der Waals surface area contributed by atoms with Crippen molar-refractivity contribution in [1.82, 2.24) is 9.55 Å². The summed E-state index contributed by atoms with van der Waals surface area (Å²) in [5.74, 6) is 0. The van der Waals surface area contributed by atoms with Gasteiger partial charge in [-0.1, -0.05) is 0 Å². The van der Waals surface area contributed by atoms with Gasteiger partial charge in [0.25, 0.3) is 0 Å². The molecule has 0 radical (unpaired) electrons. The first-order valence-corrected chi connectivity index (χ1v) is 5.51. The van der Waals surface area contributed by atoms with Crippen molar-refractivity contribution in [2.24, 2.45) is 0 Å². The molecule has 0 aliphatic carbocycles. The third kappa shape index (κ3) is 2.31. The lowest BCUT2D eigenvalue weighted by Gasteiger charge is -2.02. The molecule has 0 saturated heterocycles. The molecule has 2 heterocycles. The summed E-state index contributed by atoms with van der Waals surface area (Å²) in [4.78, 5) is 34.2. The second-order valence-electron chi connectivity index (χ2n) is 3.29. The summed E-state index contributed by atoms with van der Waals surface area (Å²) >= 11 is 1.46. The largest absolute Gasteiger partial charge is 0.350 e. The van der Waals surface area contributed by atoms with Crippen LogP contribution < -0.4 is 11.2 Å². The predicted molar refractivity (Wildman–Crippen MR) is 61.4 cm³/mol. The summed E-state index contributed by atoms with van der Waals surface area (Å²) in [5, 5.41) is 14.2. The zero-order valence-electron chi connectivity index (χ0n) is 8.45. The van der Waals surface area contributed by atoms with Crippen molar-refractivity contribution in [3.63, 3.8) is 0 Å². The lowest BCUT2D eigenvalue weighted by atomic mass is 10.3. The van der Waals surface area contributed by atoms with Gasteiger partial charge in [-0.25, -0.2) is 4.79 Å². The lowest BCUT2D eigenvalue weighted by molar-refractivity contribution is -0.386. The monoisotopic (exact) mass is 253 g/mol. The SMILES string of the molecule is O=c1[nH]c(=O)n(Cc2ccsc2)cc1[N+](=O)[O-]. The van der Waals surface area contributed by atoms with Crippen LogP contribution in [0.4, 0.5) is 5.69 Å². The first-order chi connectivity index (χ1) is 8.08. The Kier molecular flexibility index (Phi) is 2.88. The second-order valence-corrected chi connectivity index (χ2v) is 4.07. The molecule has 0 amide bonds. The van der Waals surface area contributed by atoms with E-state index < -0.39 is 21.9 Å². The summed E-state index contributed by atoms with van der Waals surface area (Å²) in [6.07, 6.45) is 0.957. The van der Waals surface area contributed by atoms with E-state index in [-0.39, 0.29) is 6.54 Å². The topological polar surface area (TPSA) is 98.0 Å². The van der Waals surface area contributed by atoms with Gasteiger partial charge in [0.2, 0.25) is 0 Å². The molecule has 2 aromatic rings. The number of hydrogen-bond donors (Lipinski definition) is 1. The Bertz CT molecular complexity index is 656. The van der Waals surface area contributed by atoms with Crippen molar-refractivity contribution in [2.75, 3.05) is 0 Å². The quantitative estimate of drug-likeness (QED) is 0.638. The van der Waals surface area contributed by atoms with Gasteiger partial charge in [-0.3, -0.25) is 24.5 Å². The maximum Gasteiger partial charge on any atom is 0.350 e. The average molecular weight is 253 g/mol. The summed E-state index contributed by atoms with van der Waals surface area (Å²) in [7, 11) is 0. The highest BCUT2D eigenvalue weighted by Crippen LogP contribution is 2.07. The summed E-state index contributed by atoms with van der Waals surface area (Å²) in [6, 6.07) is 1.80. The zero-order valence-corrected chi connectivity index (χ0v) is 9.27. The number of H-pyrrole nitrogens is 1. The molecule has 0 spiro atoms. The van der Waals surface area contributed by atoms with Crippen molar-refractivity contribution in [1.29, 1.82) is 0 Å². The first-order valence-electron chi connectivity index (χ1n) is 4.57. The van der Waals surface area contributed by atoms with Crippen molar-refractivity contribution >= 4 is 17.0 Å². The van der Waals surface area contributed by atoms with Crippen LogP contribution in [0, 0.1) is 10.1 Å². The Morgan fingerprint density at radius 3 is 2.82 bits per heavy atom. The fourth-order valence-electron chi connectivity index (χ4n) is 1.32. The van der Waals surface area contributed by atoms with Crippen molar-refractivity contribution in [2.45, 2.75) is 6.54 Å². The number of hydrogen-bond acceptors (Lipinski definition) is 5. The molecule has 7 nitrogen and oxygen atoms in total. The molecule has 0 aliphatic heterocycles. The van der Waals surface area contributed by atoms with Crippen LogP contribution >= 0.6 is 11.3 Å². The van der Waals surface area contributed by atoms with Gasteiger partial charge in [0, 0.05) is 0 Å². The molecular weight excluding hydrogens is 246 g/mol. The maximum absolute atomic E-state index is 11.4. The van der Waals surface area contributed by atoms with E-state index in [0.717, 1.165) is 16.3 Å². The molecule has 0 fully saturated rings. The molecule has 0 unspecified atom stereocenters. The number of aromatic amines is 1. The Morgan fingerprint density at radius 1 is 1.47 bits per heavy atom. The Balaban J connectivity index is 2.47. The van der Waals surface area contributed by atoms with Gasteiger partial charge in [0.1, 0.15) is 0 Å². The summed E-state index contributed by atoms with van der Waals surface area (Å²) in [5.41, 5.74) is -1.44. The van der Waals surface area contributed by atoms with Crippen LogP contribution in [0.3, 0.4) is 0 Å². The Hall–Kier alpha value is -2.22. The van der Waals surface area contributed by atoms with E-state index in [1.807, 2.05) is 15.7 Å². The number of nitro groups is 1. The maximum atomic E-state index is 11.4. The van der Waals surface area contributed by atoms with E-state index in [1.54, 1.807) is 6.07 Å². The van der Waals surface area contributed by atoms with Crippen molar-refractivity contribution in [3.05, 3.63) is 59.5 Å². The van der Waals surface area contributed by atoms with Gasteiger partial charge in [-0.05, 0) is 22.4 Å². The normalized spacial score (nSPS) is 10.4. The third-order valence-electron chi connectivity index (χ3n) is 2.12. The molecule has 1 N–H and O–H groups in total. The molecule has 0 bridgehead atoms. The van der Waals surface area contributed by atoms with E-state index in [0.29, 0.717) is 0 Å². The van der Waals surface area contributed by atoms with E-state index >= 15 is 0 Å². The summed E-state index contributed by atoms with van der Waals surface area (Å²) < 4.78 is 1.10. The van der Waals surface area contributed by atoms with Crippen LogP contribution in [0.15, 0.2) is 32.6 Å². The molecule has 0 atom stereocenters. The molecule has 2 rings (SSSR count). The third-order valence-corrected chi connectivity index (χ3v) is 2.85. The van der Waals surface area contributed by atoms with Gasteiger partial charge in [0.05, 0.1) is 17.7 Å². The van der Waals surface area contributed by atoms with Gasteiger partial charge in [0.15, 0.2) is 0 Å². The number of nitrogens with one attached hydrogen (secondary N) is 1. The van der Waals surface area contributed by atoms with Crippen molar-refractivity contribution < 1.29 is 4.92 Å². The highest BCUT2D eigenvalue weighted by Gasteiger charge is 2.14. The average Bonchev–Trinajstić information content (AvgIpc) is 2.74. The molecule has 8 heteroatoms. The van der Waals surface area contributed by atoms with Crippen LogP contribution in [0.2, 0.25) is 0 Å². The zero-order chi connectivity index (χ0) is 12.4. The minimum atomic E-state index is -0.985. The molecule has 2 aromatic heterocycles. The predicted octanol–water partition coefficient (Wildman–Crippen LogP) is 0.555. The number of thiophene rings is 1. The second kappa shape index (κ2) is 4.34. The molecular formula is C9H7N3O4S. The molecule has 88 valence electrons. The standard InChI is InChI=1S/C9H7N3O4S/c13-8-7(12(15)16)4-11(9(14)10-8)3-6-1-2-17-5-6/h1-2,4-5H,3H2,(H,10,13,14). The van der Waals surface area contributed by atoms with E-state index in [1.165, 1.54) is 11.3 Å². The number of aromatic nitrogens is 2. The number of nitrogens with zero attached hydrogens (tertiary/aromatic N) is 2.